The summed E-state index contributed by atoms with van der Waals surface area (Å²) in [5.74, 6) is -8.64. The quantitative estimate of drug-likeness (QED) is 0.359. The second kappa shape index (κ2) is 5.91. The summed E-state index contributed by atoms with van der Waals surface area (Å²) in [6, 6.07) is 4.12. The van der Waals surface area contributed by atoms with Crippen LogP contribution in [0.15, 0.2) is 40.9 Å². The van der Waals surface area contributed by atoms with Gasteiger partial charge in [-0.05, 0) is 18.6 Å². The molecule has 4 rings (SSSR count). The van der Waals surface area contributed by atoms with E-state index in [0.29, 0.717) is 0 Å². The lowest BCUT2D eigenvalue weighted by molar-refractivity contribution is -0.129. The van der Waals surface area contributed by atoms with Gasteiger partial charge in [0.15, 0.2) is 11.6 Å². The van der Waals surface area contributed by atoms with Crippen molar-refractivity contribution in [2.75, 3.05) is 0 Å². The predicted molar refractivity (Wildman–Crippen MR) is 96.6 cm³/mol. The molecule has 3 aliphatic rings. The lowest BCUT2D eigenvalue weighted by atomic mass is 9.56. The van der Waals surface area contributed by atoms with Gasteiger partial charge < -0.3 is 31.3 Å². The summed E-state index contributed by atoms with van der Waals surface area (Å²) in [5.41, 5.74) is 2.14. The van der Waals surface area contributed by atoms with E-state index >= 15 is 0 Å². The number of hydrogen-bond acceptors (Lipinski definition) is 8. The van der Waals surface area contributed by atoms with Crippen LogP contribution in [0, 0.1) is 17.8 Å². The van der Waals surface area contributed by atoms with Gasteiger partial charge in [0.25, 0.3) is 5.91 Å². The third kappa shape index (κ3) is 2.31. The first kappa shape index (κ1) is 19.2. The third-order valence-electron chi connectivity index (χ3n) is 6.27. The second-order valence-electron chi connectivity index (χ2n) is 7.83. The van der Waals surface area contributed by atoms with Crippen LogP contribution in [0.3, 0.4) is 0 Å². The lowest BCUT2D eigenvalue weighted by Gasteiger charge is -2.50. The molecule has 0 aliphatic heterocycles. The number of Topliss-reactive ketones (excluding diaryl/α,β-unsaturated/α-hetero) is 2. The first-order valence-electron chi connectivity index (χ1n) is 8.96. The summed E-state index contributed by atoms with van der Waals surface area (Å²) in [7, 11) is 0. The molecule has 0 saturated heterocycles. The minimum absolute atomic E-state index is 0.0822. The van der Waals surface area contributed by atoms with Crippen molar-refractivity contribution in [3.63, 3.8) is 0 Å². The fraction of sp³-hybridized carbons (Fsp3) is 0.350. The summed E-state index contributed by atoms with van der Waals surface area (Å²) >= 11 is 0. The number of carbonyl (C=O) groups excluding carboxylic acids is 3. The summed E-state index contributed by atoms with van der Waals surface area (Å²) in [5, 5.41) is 53.8. The number of aliphatic hydroxyl groups excluding tert-OH is 3. The van der Waals surface area contributed by atoms with E-state index in [1.54, 1.807) is 0 Å². The molecule has 0 heterocycles. The van der Waals surface area contributed by atoms with Crippen LogP contribution < -0.4 is 5.73 Å². The van der Waals surface area contributed by atoms with Crippen LogP contribution in [0.25, 0.3) is 0 Å². The predicted octanol–water partition coefficient (Wildman–Crippen LogP) is 0.101. The number of allylic oxidation sites excluding steroid dienone is 2. The highest BCUT2D eigenvalue weighted by atomic mass is 16.3. The van der Waals surface area contributed by atoms with Gasteiger partial charge in [-0.3, -0.25) is 14.4 Å². The molecular weight excluding hydrogens is 382 g/mol. The van der Waals surface area contributed by atoms with Crippen LogP contribution in [0.5, 0.6) is 5.75 Å². The Morgan fingerprint density at radius 1 is 1.21 bits per heavy atom. The van der Waals surface area contributed by atoms with Crippen molar-refractivity contribution in [3.05, 3.63) is 52.0 Å². The molecule has 9 nitrogen and oxygen atoms in total. The van der Waals surface area contributed by atoms with Crippen LogP contribution in [0.2, 0.25) is 0 Å². The molecule has 0 radical (unpaired) electrons. The molecule has 0 saturated carbocycles. The number of benzene rings is 1. The summed E-state index contributed by atoms with van der Waals surface area (Å²) in [6.45, 7) is 1.34. The van der Waals surface area contributed by atoms with Crippen molar-refractivity contribution in [1.29, 1.82) is 0 Å². The number of nitrogens with two attached hydrogens (primary N) is 1. The first-order chi connectivity index (χ1) is 13.5. The topological polar surface area (TPSA) is 178 Å². The Bertz CT molecular complexity index is 1050. The van der Waals surface area contributed by atoms with E-state index in [2.05, 4.69) is 0 Å². The highest BCUT2D eigenvalue weighted by Gasteiger charge is 2.60. The molecule has 29 heavy (non-hydrogen) atoms. The Labute approximate surface area is 164 Å². The molecule has 5 atom stereocenters. The number of amides is 1. The average Bonchev–Trinajstić information content (AvgIpc) is 2.61. The number of phenolic OH excluding ortho intramolecular Hbond substituents is 1. The van der Waals surface area contributed by atoms with Gasteiger partial charge in [-0.25, -0.2) is 0 Å². The van der Waals surface area contributed by atoms with E-state index in [9.17, 15) is 39.9 Å². The molecule has 1 amide bonds. The maximum atomic E-state index is 13.1. The van der Waals surface area contributed by atoms with Gasteiger partial charge >= 0.3 is 0 Å². The maximum absolute atomic E-state index is 13.1. The van der Waals surface area contributed by atoms with Gasteiger partial charge in [0.05, 0.1) is 23.2 Å². The molecule has 0 spiro atoms. The summed E-state index contributed by atoms with van der Waals surface area (Å²) < 4.78 is 0. The first-order valence-corrected chi connectivity index (χ1v) is 8.96. The Morgan fingerprint density at radius 2 is 1.86 bits per heavy atom. The second-order valence-corrected chi connectivity index (χ2v) is 7.83. The monoisotopic (exact) mass is 401 g/mol. The lowest BCUT2D eigenvalue weighted by Crippen LogP contribution is -2.57. The highest BCUT2D eigenvalue weighted by Crippen LogP contribution is 2.55. The Morgan fingerprint density at radius 3 is 2.48 bits per heavy atom. The van der Waals surface area contributed by atoms with E-state index in [1.807, 2.05) is 0 Å². The summed E-state index contributed by atoms with van der Waals surface area (Å²) in [6.07, 6.45) is -1.95. The molecule has 3 aliphatic carbocycles. The van der Waals surface area contributed by atoms with Gasteiger partial charge in [-0.1, -0.05) is 12.1 Å². The number of aliphatic hydroxyl groups is 4. The molecule has 0 fully saturated rings. The minimum atomic E-state index is -1.85. The van der Waals surface area contributed by atoms with Crippen molar-refractivity contribution >= 4 is 17.5 Å². The molecule has 0 aromatic heterocycles. The van der Waals surface area contributed by atoms with E-state index in [0.717, 1.165) is 0 Å². The maximum Gasteiger partial charge on any atom is 0.256 e. The van der Waals surface area contributed by atoms with Crippen LogP contribution >= 0.6 is 0 Å². The van der Waals surface area contributed by atoms with E-state index < -0.39 is 76.2 Å². The van der Waals surface area contributed by atoms with E-state index in [4.69, 9.17) is 5.73 Å². The number of hydrogen-bond donors (Lipinski definition) is 6. The molecule has 7 N–H and O–H groups in total. The number of fused-ring (bicyclic) bond motifs is 3. The molecular formula is C20H19NO8. The summed E-state index contributed by atoms with van der Waals surface area (Å²) in [4.78, 5) is 37.0. The average molecular weight is 401 g/mol. The molecule has 1 aromatic carbocycles. The largest absolute Gasteiger partial charge is 0.511 e. The molecule has 9 heteroatoms. The number of rotatable bonds is 1. The van der Waals surface area contributed by atoms with Crippen molar-refractivity contribution in [3.8, 4) is 5.75 Å². The number of phenols is 1. The van der Waals surface area contributed by atoms with Gasteiger partial charge in [0.1, 0.15) is 22.8 Å². The van der Waals surface area contributed by atoms with E-state index in [-0.39, 0.29) is 16.7 Å². The van der Waals surface area contributed by atoms with Gasteiger partial charge in [0.2, 0.25) is 0 Å². The number of aromatic hydroxyl groups is 1. The van der Waals surface area contributed by atoms with Crippen molar-refractivity contribution in [2.45, 2.75) is 25.0 Å². The van der Waals surface area contributed by atoms with Gasteiger partial charge in [-0.15, -0.1) is 0 Å². The number of carbonyl (C=O) groups is 3. The molecule has 1 aromatic rings. The van der Waals surface area contributed by atoms with E-state index in [1.165, 1.54) is 25.1 Å². The standard InChI is InChI=1S/C20H19NO8/c1-20(29)7-3-2-4-8(22)11(7)18(27)13-14(20)15(24)6-5-9(23)12(19(21)28)16(25)10(6)17(13)26/h2-4,6,13-15,22,24-26,29H,5H2,1H3,(H2,21,28)/t6-,13+,14+,15+,20+/m0/s1. The Hall–Kier alpha value is -3.17. The SMILES string of the molecule is C[C@@]1(O)c2cccc(O)c2C(=O)[C@H]2C(O)=C3C(O)=C(C(N)=O)C(=O)C[C@@H]3[C@@H](O)[C@@H]21. The van der Waals surface area contributed by atoms with Crippen molar-refractivity contribution < 1.29 is 39.9 Å². The molecule has 0 bridgehead atoms. The smallest absolute Gasteiger partial charge is 0.256 e. The van der Waals surface area contributed by atoms with Crippen LogP contribution in [0.1, 0.15) is 29.3 Å². The van der Waals surface area contributed by atoms with Crippen LogP contribution in [0.4, 0.5) is 0 Å². The van der Waals surface area contributed by atoms with Crippen LogP contribution in [-0.4, -0.2) is 49.1 Å². The fourth-order valence-electron chi connectivity index (χ4n) is 4.99. The minimum Gasteiger partial charge on any atom is -0.511 e. The third-order valence-corrected chi connectivity index (χ3v) is 6.27. The zero-order valence-electron chi connectivity index (χ0n) is 15.3. The van der Waals surface area contributed by atoms with Gasteiger partial charge in [-0.2, -0.15) is 0 Å². The van der Waals surface area contributed by atoms with Crippen LogP contribution in [-0.2, 0) is 15.2 Å². The molecule has 0 unspecified atom stereocenters. The number of ketones is 2. The normalized spacial score (nSPS) is 33.9. The zero-order chi connectivity index (χ0) is 21.4. The molecule has 152 valence electrons. The van der Waals surface area contributed by atoms with Crippen molar-refractivity contribution in [2.24, 2.45) is 23.5 Å². The fourth-order valence-corrected chi connectivity index (χ4v) is 4.99. The highest BCUT2D eigenvalue weighted by molar-refractivity contribution is 6.20. The Balaban J connectivity index is 2.02. The number of primary amides is 1. The van der Waals surface area contributed by atoms with Gasteiger partial charge in [0, 0.05) is 23.8 Å². The Kier molecular flexibility index (Phi) is 3.91. The zero-order valence-corrected chi connectivity index (χ0v) is 15.3. The van der Waals surface area contributed by atoms with Crippen molar-refractivity contribution in [1.82, 2.24) is 0 Å².